The fourth-order valence-electron chi connectivity index (χ4n) is 0.905. The highest BCUT2D eigenvalue weighted by atomic mass is 79.9. The van der Waals surface area contributed by atoms with Gasteiger partial charge in [0.1, 0.15) is 6.33 Å². The summed E-state index contributed by atoms with van der Waals surface area (Å²) in [7, 11) is 0. The van der Waals surface area contributed by atoms with Gasteiger partial charge in [0.2, 0.25) is 5.91 Å². The first-order valence-electron chi connectivity index (χ1n) is 3.97. The molecule has 1 amide bonds. The number of aromatic nitrogens is 3. The summed E-state index contributed by atoms with van der Waals surface area (Å²) in [5.74, 6) is 0.724. The van der Waals surface area contributed by atoms with Crippen LogP contribution in [0.3, 0.4) is 0 Å². The van der Waals surface area contributed by atoms with E-state index < -0.39 is 0 Å². The van der Waals surface area contributed by atoms with Crippen molar-refractivity contribution in [1.82, 2.24) is 20.1 Å². The van der Waals surface area contributed by atoms with Crippen molar-refractivity contribution in [2.45, 2.75) is 20.0 Å². The second-order valence-electron chi connectivity index (χ2n) is 2.44. The first-order chi connectivity index (χ1) is 6.27. The highest BCUT2D eigenvalue weighted by molar-refractivity contribution is 9.09. The molecule has 0 aliphatic heterocycles. The first-order valence-corrected chi connectivity index (χ1v) is 5.09. The Hall–Kier alpha value is -0.910. The molecule has 0 fully saturated rings. The number of alkyl halides is 1. The standard InChI is InChI=1S/C7H11BrN4O/c1-2-12-5-10-11-6(12)4-9-7(13)3-8/h5H,2-4H2,1H3,(H,9,13). The van der Waals surface area contributed by atoms with E-state index in [0.29, 0.717) is 11.9 Å². The van der Waals surface area contributed by atoms with Gasteiger partial charge in [0.15, 0.2) is 5.82 Å². The number of hydrogen-bond acceptors (Lipinski definition) is 3. The number of aryl methyl sites for hydroxylation is 1. The molecule has 0 unspecified atom stereocenters. The molecule has 0 saturated heterocycles. The average molecular weight is 247 g/mol. The molecule has 6 heteroatoms. The Morgan fingerprint density at radius 2 is 2.54 bits per heavy atom. The van der Waals surface area contributed by atoms with Crippen LogP contribution in [0, 0.1) is 0 Å². The Morgan fingerprint density at radius 3 is 3.15 bits per heavy atom. The van der Waals surface area contributed by atoms with Gasteiger partial charge in [0.25, 0.3) is 0 Å². The smallest absolute Gasteiger partial charge is 0.231 e. The van der Waals surface area contributed by atoms with Crippen LogP contribution in [-0.2, 0) is 17.9 Å². The van der Waals surface area contributed by atoms with Crippen molar-refractivity contribution in [3.63, 3.8) is 0 Å². The molecule has 1 aromatic heterocycles. The van der Waals surface area contributed by atoms with E-state index in [1.165, 1.54) is 0 Å². The van der Waals surface area contributed by atoms with Crippen LogP contribution in [0.2, 0.25) is 0 Å². The molecule has 0 atom stereocenters. The van der Waals surface area contributed by atoms with Crippen molar-refractivity contribution in [3.05, 3.63) is 12.2 Å². The summed E-state index contributed by atoms with van der Waals surface area (Å²) < 4.78 is 1.88. The van der Waals surface area contributed by atoms with Gasteiger partial charge in [-0.1, -0.05) is 15.9 Å². The number of amides is 1. The van der Waals surface area contributed by atoms with Gasteiger partial charge >= 0.3 is 0 Å². The Kier molecular flexibility index (Phi) is 3.88. The molecule has 1 aromatic rings. The van der Waals surface area contributed by atoms with Gasteiger partial charge in [-0.15, -0.1) is 10.2 Å². The molecule has 1 rings (SSSR count). The van der Waals surface area contributed by atoms with Crippen molar-refractivity contribution in [2.24, 2.45) is 0 Å². The van der Waals surface area contributed by atoms with Crippen LogP contribution >= 0.6 is 15.9 Å². The zero-order valence-corrected chi connectivity index (χ0v) is 8.91. The number of halogens is 1. The summed E-state index contributed by atoms with van der Waals surface area (Å²) >= 11 is 3.06. The average Bonchev–Trinajstić information content (AvgIpc) is 2.61. The summed E-state index contributed by atoms with van der Waals surface area (Å²) in [5.41, 5.74) is 0. The number of nitrogens with zero attached hydrogens (tertiary/aromatic N) is 3. The minimum absolute atomic E-state index is 0.0503. The SMILES string of the molecule is CCn1cnnc1CNC(=O)CBr. The molecule has 0 aromatic carbocycles. The number of carbonyl (C=O) groups is 1. The summed E-state index contributed by atoms with van der Waals surface area (Å²) in [6, 6.07) is 0. The van der Waals surface area contributed by atoms with E-state index in [9.17, 15) is 4.79 Å². The van der Waals surface area contributed by atoms with E-state index in [2.05, 4.69) is 31.4 Å². The van der Waals surface area contributed by atoms with Crippen LogP contribution < -0.4 is 5.32 Å². The van der Waals surface area contributed by atoms with Crippen molar-refractivity contribution in [1.29, 1.82) is 0 Å². The quantitative estimate of drug-likeness (QED) is 0.779. The van der Waals surface area contributed by atoms with Gasteiger partial charge in [-0.05, 0) is 6.92 Å². The van der Waals surface area contributed by atoms with Crippen LogP contribution in [0.5, 0.6) is 0 Å². The molecule has 0 aliphatic carbocycles. The van der Waals surface area contributed by atoms with E-state index in [-0.39, 0.29) is 5.91 Å². The third-order valence-corrected chi connectivity index (χ3v) is 2.11. The van der Waals surface area contributed by atoms with Crippen molar-refractivity contribution in [3.8, 4) is 0 Å². The topological polar surface area (TPSA) is 59.8 Å². The van der Waals surface area contributed by atoms with Crippen molar-refractivity contribution >= 4 is 21.8 Å². The highest BCUT2D eigenvalue weighted by Gasteiger charge is 2.03. The summed E-state index contributed by atoms with van der Waals surface area (Å²) in [4.78, 5) is 10.9. The lowest BCUT2D eigenvalue weighted by molar-refractivity contribution is -0.118. The summed E-state index contributed by atoms with van der Waals surface area (Å²) in [6.07, 6.45) is 1.65. The third kappa shape index (κ3) is 2.80. The first kappa shape index (κ1) is 10.2. The van der Waals surface area contributed by atoms with E-state index in [1.807, 2.05) is 11.5 Å². The molecule has 0 aliphatic rings. The molecule has 1 N–H and O–H groups in total. The van der Waals surface area contributed by atoms with Gasteiger partial charge in [0, 0.05) is 6.54 Å². The molecule has 1 heterocycles. The van der Waals surface area contributed by atoms with Gasteiger partial charge in [-0.25, -0.2) is 0 Å². The summed E-state index contributed by atoms with van der Waals surface area (Å²) in [6.45, 7) is 3.24. The fourth-order valence-corrected chi connectivity index (χ4v) is 1.10. The van der Waals surface area contributed by atoms with E-state index >= 15 is 0 Å². The minimum atomic E-state index is -0.0503. The predicted molar refractivity (Wildman–Crippen MR) is 51.3 cm³/mol. The number of nitrogens with one attached hydrogen (secondary N) is 1. The molecule has 0 saturated carbocycles. The van der Waals surface area contributed by atoms with Crippen LogP contribution in [0.15, 0.2) is 6.33 Å². The van der Waals surface area contributed by atoms with Gasteiger partial charge in [-0.3, -0.25) is 4.79 Å². The van der Waals surface area contributed by atoms with Crippen molar-refractivity contribution < 1.29 is 4.79 Å². The zero-order valence-electron chi connectivity index (χ0n) is 7.33. The van der Waals surface area contributed by atoms with Crippen LogP contribution in [0.4, 0.5) is 0 Å². The van der Waals surface area contributed by atoms with Gasteiger partial charge < -0.3 is 9.88 Å². The Bertz CT molecular complexity index is 286. The van der Waals surface area contributed by atoms with Crippen LogP contribution in [0.25, 0.3) is 0 Å². The number of rotatable bonds is 4. The molecule has 13 heavy (non-hydrogen) atoms. The Balaban J connectivity index is 2.49. The molecular weight excluding hydrogens is 236 g/mol. The Morgan fingerprint density at radius 1 is 1.77 bits per heavy atom. The molecular formula is C7H11BrN4O. The largest absolute Gasteiger partial charge is 0.348 e. The lowest BCUT2D eigenvalue weighted by Crippen LogP contribution is -2.25. The monoisotopic (exact) mass is 246 g/mol. The van der Waals surface area contributed by atoms with Crippen LogP contribution in [-0.4, -0.2) is 26.0 Å². The molecule has 72 valence electrons. The predicted octanol–water partition coefficient (Wildman–Crippen LogP) is 0.309. The maximum atomic E-state index is 10.9. The van der Waals surface area contributed by atoms with E-state index in [4.69, 9.17) is 0 Å². The second kappa shape index (κ2) is 4.96. The highest BCUT2D eigenvalue weighted by Crippen LogP contribution is 1.93. The van der Waals surface area contributed by atoms with E-state index in [1.54, 1.807) is 6.33 Å². The van der Waals surface area contributed by atoms with Gasteiger partial charge in [0.05, 0.1) is 11.9 Å². The second-order valence-corrected chi connectivity index (χ2v) is 3.00. The fraction of sp³-hybridized carbons (Fsp3) is 0.571. The van der Waals surface area contributed by atoms with Gasteiger partial charge in [-0.2, -0.15) is 0 Å². The normalized spacial score (nSPS) is 10.0. The molecule has 0 bridgehead atoms. The van der Waals surface area contributed by atoms with E-state index in [0.717, 1.165) is 12.4 Å². The lowest BCUT2D eigenvalue weighted by Gasteiger charge is -2.03. The molecule has 0 spiro atoms. The minimum Gasteiger partial charge on any atom is -0.348 e. The molecule has 5 nitrogen and oxygen atoms in total. The maximum absolute atomic E-state index is 10.9. The van der Waals surface area contributed by atoms with Crippen molar-refractivity contribution in [2.75, 3.05) is 5.33 Å². The summed E-state index contributed by atoms with van der Waals surface area (Å²) in [5, 5.41) is 10.6. The Labute approximate surface area is 84.7 Å². The zero-order chi connectivity index (χ0) is 9.68. The van der Waals surface area contributed by atoms with Crippen LogP contribution in [0.1, 0.15) is 12.7 Å². The lowest BCUT2D eigenvalue weighted by atomic mass is 10.5. The third-order valence-electron chi connectivity index (χ3n) is 1.60. The number of hydrogen-bond donors (Lipinski definition) is 1. The maximum Gasteiger partial charge on any atom is 0.231 e. The molecule has 0 radical (unpaired) electrons. The number of carbonyl (C=O) groups excluding carboxylic acids is 1.